The molecule has 0 saturated carbocycles. The third kappa shape index (κ3) is 5.11. The van der Waals surface area contributed by atoms with Gasteiger partial charge in [-0.3, -0.25) is 4.79 Å². The van der Waals surface area contributed by atoms with E-state index in [-0.39, 0.29) is 5.91 Å². The lowest BCUT2D eigenvalue weighted by molar-refractivity contribution is 0.102. The van der Waals surface area contributed by atoms with Crippen LogP contribution in [0.1, 0.15) is 22.3 Å². The van der Waals surface area contributed by atoms with Crippen molar-refractivity contribution in [2.75, 3.05) is 11.9 Å². The van der Waals surface area contributed by atoms with Gasteiger partial charge in [-0.05, 0) is 54.8 Å². The molecule has 1 amide bonds. The number of ether oxygens (including phenoxy) is 1. The van der Waals surface area contributed by atoms with Gasteiger partial charge >= 0.3 is 0 Å². The number of nitrogens with one attached hydrogen (secondary N) is 1. The third-order valence-corrected chi connectivity index (χ3v) is 4.20. The Labute approximate surface area is 158 Å². The molecular formula is C22H20ClNO2. The van der Waals surface area contributed by atoms with Crippen LogP contribution in [0.3, 0.4) is 0 Å². The van der Waals surface area contributed by atoms with Gasteiger partial charge in [-0.25, -0.2) is 0 Å². The normalized spacial score (nSPS) is 10.3. The second kappa shape index (κ2) is 9.07. The van der Waals surface area contributed by atoms with Crippen LogP contribution >= 0.6 is 11.6 Å². The third-order valence-electron chi connectivity index (χ3n) is 3.95. The Kier molecular flexibility index (Phi) is 6.29. The maximum Gasteiger partial charge on any atom is 0.255 e. The van der Waals surface area contributed by atoms with Crippen molar-refractivity contribution in [2.24, 2.45) is 0 Å². The van der Waals surface area contributed by atoms with Crippen molar-refractivity contribution in [1.82, 2.24) is 0 Å². The SMILES string of the molecule is O=C(Nc1ccccc1OCCCc1ccccc1)c1ccc(Cl)cc1. The zero-order valence-corrected chi connectivity index (χ0v) is 15.1. The molecule has 3 aromatic carbocycles. The fraction of sp³-hybridized carbons (Fsp3) is 0.136. The highest BCUT2D eigenvalue weighted by atomic mass is 35.5. The first-order valence-corrected chi connectivity index (χ1v) is 8.93. The molecule has 0 aliphatic rings. The summed E-state index contributed by atoms with van der Waals surface area (Å²) < 4.78 is 5.88. The highest BCUT2D eigenvalue weighted by Gasteiger charge is 2.09. The van der Waals surface area contributed by atoms with Gasteiger partial charge in [0.2, 0.25) is 0 Å². The standard InChI is InChI=1S/C22H20ClNO2/c23-19-14-12-18(13-15-19)22(25)24-20-10-4-5-11-21(20)26-16-6-9-17-7-2-1-3-8-17/h1-5,7-8,10-15H,6,9,16H2,(H,24,25). The molecule has 3 nitrogen and oxygen atoms in total. The van der Waals surface area contributed by atoms with Gasteiger partial charge in [0.15, 0.2) is 0 Å². The zero-order valence-electron chi connectivity index (χ0n) is 14.3. The average Bonchev–Trinajstić information content (AvgIpc) is 2.68. The Balaban J connectivity index is 1.57. The van der Waals surface area contributed by atoms with Crippen LogP contribution in [0.5, 0.6) is 5.75 Å². The van der Waals surface area contributed by atoms with Crippen molar-refractivity contribution in [2.45, 2.75) is 12.8 Å². The van der Waals surface area contributed by atoms with E-state index in [2.05, 4.69) is 17.4 Å². The molecule has 0 aliphatic heterocycles. The fourth-order valence-corrected chi connectivity index (χ4v) is 2.72. The number of carbonyl (C=O) groups is 1. The van der Waals surface area contributed by atoms with Crippen molar-refractivity contribution in [1.29, 1.82) is 0 Å². The molecule has 0 bridgehead atoms. The van der Waals surface area contributed by atoms with E-state index in [1.54, 1.807) is 24.3 Å². The van der Waals surface area contributed by atoms with Crippen LogP contribution < -0.4 is 10.1 Å². The van der Waals surface area contributed by atoms with Crippen molar-refractivity contribution >= 4 is 23.2 Å². The predicted octanol–water partition coefficient (Wildman–Crippen LogP) is 5.60. The van der Waals surface area contributed by atoms with Crippen LogP contribution in [0.25, 0.3) is 0 Å². The van der Waals surface area contributed by atoms with E-state index in [1.807, 2.05) is 42.5 Å². The lowest BCUT2D eigenvalue weighted by Gasteiger charge is -2.12. The van der Waals surface area contributed by atoms with Gasteiger partial charge in [0.1, 0.15) is 5.75 Å². The van der Waals surface area contributed by atoms with Crippen LogP contribution in [0, 0.1) is 0 Å². The molecule has 0 saturated heterocycles. The molecule has 1 N–H and O–H groups in total. The van der Waals surface area contributed by atoms with Crippen molar-refractivity contribution in [3.8, 4) is 5.75 Å². The number of aryl methyl sites for hydroxylation is 1. The number of halogens is 1. The van der Waals surface area contributed by atoms with Gasteiger partial charge in [0.25, 0.3) is 5.91 Å². The van der Waals surface area contributed by atoms with Gasteiger partial charge in [-0.2, -0.15) is 0 Å². The minimum absolute atomic E-state index is 0.193. The quantitative estimate of drug-likeness (QED) is 0.553. The lowest BCUT2D eigenvalue weighted by Crippen LogP contribution is -2.13. The van der Waals surface area contributed by atoms with Gasteiger partial charge in [0.05, 0.1) is 12.3 Å². The molecule has 0 fully saturated rings. The Hall–Kier alpha value is -2.78. The first-order valence-electron chi connectivity index (χ1n) is 8.55. The van der Waals surface area contributed by atoms with Crippen LogP contribution in [0.15, 0.2) is 78.9 Å². The Morgan fingerprint density at radius 2 is 1.58 bits per heavy atom. The zero-order chi connectivity index (χ0) is 18.2. The van der Waals surface area contributed by atoms with E-state index < -0.39 is 0 Å². The van der Waals surface area contributed by atoms with Crippen molar-refractivity contribution < 1.29 is 9.53 Å². The van der Waals surface area contributed by atoms with Crippen LogP contribution in [-0.4, -0.2) is 12.5 Å². The summed E-state index contributed by atoms with van der Waals surface area (Å²) in [7, 11) is 0. The second-order valence-corrected chi connectivity index (χ2v) is 6.33. The minimum Gasteiger partial charge on any atom is -0.491 e. The second-order valence-electron chi connectivity index (χ2n) is 5.89. The molecule has 0 aliphatic carbocycles. The number of anilines is 1. The van der Waals surface area contributed by atoms with Crippen LogP contribution in [0.2, 0.25) is 5.02 Å². The lowest BCUT2D eigenvalue weighted by atomic mass is 10.1. The topological polar surface area (TPSA) is 38.3 Å². The molecule has 0 heterocycles. The smallest absolute Gasteiger partial charge is 0.255 e. The van der Waals surface area contributed by atoms with Gasteiger partial charge in [0, 0.05) is 10.6 Å². The molecule has 0 unspecified atom stereocenters. The van der Waals surface area contributed by atoms with Gasteiger partial charge < -0.3 is 10.1 Å². The molecule has 3 rings (SSSR count). The Bertz CT molecular complexity index is 848. The number of rotatable bonds is 7. The van der Waals surface area contributed by atoms with E-state index in [0.717, 1.165) is 12.8 Å². The number of carbonyl (C=O) groups excluding carboxylic acids is 1. The maximum atomic E-state index is 12.4. The molecular weight excluding hydrogens is 346 g/mol. The Morgan fingerprint density at radius 3 is 2.35 bits per heavy atom. The van der Waals surface area contributed by atoms with Crippen molar-refractivity contribution in [3.63, 3.8) is 0 Å². The first-order chi connectivity index (χ1) is 12.7. The minimum atomic E-state index is -0.193. The summed E-state index contributed by atoms with van der Waals surface area (Å²) in [5.74, 6) is 0.477. The molecule has 132 valence electrons. The number of amides is 1. The van der Waals surface area contributed by atoms with E-state index >= 15 is 0 Å². The molecule has 0 spiro atoms. The van der Waals surface area contributed by atoms with Gasteiger partial charge in [-0.15, -0.1) is 0 Å². The fourth-order valence-electron chi connectivity index (χ4n) is 2.59. The number of benzene rings is 3. The number of hydrogen-bond acceptors (Lipinski definition) is 2. The van der Waals surface area contributed by atoms with Crippen molar-refractivity contribution in [3.05, 3.63) is 95.0 Å². The molecule has 4 heteroatoms. The highest BCUT2D eigenvalue weighted by molar-refractivity contribution is 6.30. The summed E-state index contributed by atoms with van der Waals surface area (Å²) in [4.78, 5) is 12.4. The van der Waals surface area contributed by atoms with E-state index in [9.17, 15) is 4.79 Å². The monoisotopic (exact) mass is 365 g/mol. The van der Waals surface area contributed by atoms with Crippen LogP contribution in [0.4, 0.5) is 5.69 Å². The molecule has 0 aromatic heterocycles. The summed E-state index contributed by atoms with van der Waals surface area (Å²) in [6.07, 6.45) is 1.86. The van der Waals surface area contributed by atoms with E-state index in [1.165, 1.54) is 5.56 Å². The van der Waals surface area contributed by atoms with Crippen LogP contribution in [-0.2, 0) is 6.42 Å². The highest BCUT2D eigenvalue weighted by Crippen LogP contribution is 2.25. The number of para-hydroxylation sites is 2. The Morgan fingerprint density at radius 1 is 0.885 bits per heavy atom. The largest absolute Gasteiger partial charge is 0.491 e. The summed E-state index contributed by atoms with van der Waals surface area (Å²) >= 11 is 5.87. The summed E-state index contributed by atoms with van der Waals surface area (Å²) in [6, 6.07) is 24.6. The summed E-state index contributed by atoms with van der Waals surface area (Å²) in [6.45, 7) is 0.586. The number of hydrogen-bond donors (Lipinski definition) is 1. The molecule has 3 aromatic rings. The average molecular weight is 366 g/mol. The van der Waals surface area contributed by atoms with E-state index in [4.69, 9.17) is 16.3 Å². The van der Waals surface area contributed by atoms with E-state index in [0.29, 0.717) is 28.6 Å². The first kappa shape index (κ1) is 18.0. The molecule has 0 atom stereocenters. The predicted molar refractivity (Wildman–Crippen MR) is 106 cm³/mol. The van der Waals surface area contributed by atoms with Gasteiger partial charge in [-0.1, -0.05) is 54.1 Å². The summed E-state index contributed by atoms with van der Waals surface area (Å²) in [5.41, 5.74) is 2.50. The maximum absolute atomic E-state index is 12.4. The summed E-state index contributed by atoms with van der Waals surface area (Å²) in [5, 5.41) is 3.50. The molecule has 0 radical (unpaired) electrons. The molecule has 26 heavy (non-hydrogen) atoms.